The highest BCUT2D eigenvalue weighted by Gasteiger charge is 2.45. The van der Waals surface area contributed by atoms with Crippen molar-refractivity contribution < 1.29 is 4.79 Å². The number of carbonyl (C=O) groups is 1. The third kappa shape index (κ3) is 3.93. The van der Waals surface area contributed by atoms with E-state index in [0.717, 1.165) is 42.0 Å². The molecule has 2 aromatic rings. The van der Waals surface area contributed by atoms with Crippen molar-refractivity contribution in [3.63, 3.8) is 0 Å². The summed E-state index contributed by atoms with van der Waals surface area (Å²) in [5.41, 5.74) is 3.14. The summed E-state index contributed by atoms with van der Waals surface area (Å²) in [5, 5.41) is 3.50. The van der Waals surface area contributed by atoms with Gasteiger partial charge in [-0.1, -0.05) is 39.0 Å². The molecule has 1 fully saturated rings. The number of nitrogens with zero attached hydrogens (tertiary/aromatic N) is 4. The first-order chi connectivity index (χ1) is 13.7. The second-order valence-electron chi connectivity index (χ2n) is 9.61. The Morgan fingerprint density at radius 1 is 1.17 bits per heavy atom. The van der Waals surface area contributed by atoms with Crippen molar-refractivity contribution in [1.82, 2.24) is 14.9 Å². The molecule has 6 heteroatoms. The summed E-state index contributed by atoms with van der Waals surface area (Å²) < 4.78 is 0. The minimum atomic E-state index is -0.0206. The number of hydrogen-bond donors (Lipinski definition) is 1. The number of nitrogens with one attached hydrogen (secondary N) is 1. The molecule has 1 aromatic heterocycles. The van der Waals surface area contributed by atoms with Gasteiger partial charge in [0.2, 0.25) is 11.9 Å². The van der Waals surface area contributed by atoms with Gasteiger partial charge in [-0.05, 0) is 30.4 Å². The molecule has 154 valence electrons. The zero-order valence-electron chi connectivity index (χ0n) is 18.1. The van der Waals surface area contributed by atoms with E-state index in [2.05, 4.69) is 31.0 Å². The number of fused-ring (bicyclic) bond motifs is 4. The molecule has 29 heavy (non-hydrogen) atoms. The third-order valence-corrected chi connectivity index (χ3v) is 5.68. The van der Waals surface area contributed by atoms with Crippen LogP contribution in [0.1, 0.15) is 57.3 Å². The minimum Gasteiger partial charge on any atom is -0.347 e. The van der Waals surface area contributed by atoms with Gasteiger partial charge in [-0.2, -0.15) is 4.98 Å². The average Bonchev–Trinajstić information content (AvgIpc) is 2.95. The molecule has 0 aliphatic carbocycles. The topological polar surface area (TPSA) is 61.4 Å². The van der Waals surface area contributed by atoms with Gasteiger partial charge in [0, 0.05) is 44.2 Å². The van der Waals surface area contributed by atoms with Crippen LogP contribution in [0.15, 0.2) is 30.3 Å². The van der Waals surface area contributed by atoms with Crippen LogP contribution in [0.4, 0.5) is 17.5 Å². The fourth-order valence-corrected chi connectivity index (χ4v) is 4.47. The lowest BCUT2D eigenvalue weighted by atomic mass is 9.90. The summed E-state index contributed by atoms with van der Waals surface area (Å²) in [6.45, 7) is 6.37. The van der Waals surface area contributed by atoms with Crippen molar-refractivity contribution in [1.29, 1.82) is 0 Å². The van der Waals surface area contributed by atoms with Crippen molar-refractivity contribution in [3.8, 4) is 0 Å². The van der Waals surface area contributed by atoms with E-state index in [1.54, 1.807) is 0 Å². The van der Waals surface area contributed by atoms with Gasteiger partial charge in [0.15, 0.2) is 0 Å². The van der Waals surface area contributed by atoms with Crippen LogP contribution < -0.4 is 10.2 Å². The lowest BCUT2D eigenvalue weighted by Crippen LogP contribution is -2.43. The van der Waals surface area contributed by atoms with Gasteiger partial charge in [0.25, 0.3) is 0 Å². The maximum atomic E-state index is 13.2. The highest BCUT2D eigenvalue weighted by atomic mass is 16.2. The van der Waals surface area contributed by atoms with Crippen LogP contribution >= 0.6 is 0 Å². The first-order valence-corrected chi connectivity index (χ1v) is 10.4. The Morgan fingerprint density at radius 3 is 2.55 bits per heavy atom. The SMILES string of the molecule is CN(C)c1nc2c(c(Nc3ccccc3)n1)[C@H]1CC[C@H](C2)N1C(=O)CC(C)(C)C. The normalized spacial score (nSPS) is 20.4. The Bertz CT molecular complexity index is 903. The van der Waals surface area contributed by atoms with E-state index in [9.17, 15) is 4.79 Å². The average molecular weight is 394 g/mol. The molecular weight excluding hydrogens is 362 g/mol. The molecule has 2 aliphatic heterocycles. The molecule has 4 rings (SSSR count). The highest BCUT2D eigenvalue weighted by Crippen LogP contribution is 2.47. The Kier molecular flexibility index (Phi) is 4.97. The molecule has 1 aromatic carbocycles. The molecule has 2 aliphatic rings. The molecular formula is C23H31N5O. The standard InChI is InChI=1S/C23H31N5O/c1-23(2,3)14-19(29)28-16-11-12-18(28)20-17(13-16)25-22(27(4)5)26-21(20)24-15-9-7-6-8-10-15/h6-10,16,18H,11-14H2,1-5H3,(H,24,25,26)/t16-,18-/m1/s1. The van der Waals surface area contributed by atoms with Gasteiger partial charge in [-0.15, -0.1) is 0 Å². The number of hydrogen-bond acceptors (Lipinski definition) is 5. The fraction of sp³-hybridized carbons (Fsp3) is 0.522. The molecule has 6 nitrogen and oxygen atoms in total. The van der Waals surface area contributed by atoms with Crippen LogP contribution in [0.2, 0.25) is 0 Å². The summed E-state index contributed by atoms with van der Waals surface area (Å²) in [4.78, 5) is 26.9. The number of anilines is 3. The quantitative estimate of drug-likeness (QED) is 0.839. The Hall–Kier alpha value is -2.63. The van der Waals surface area contributed by atoms with Gasteiger partial charge < -0.3 is 15.1 Å². The van der Waals surface area contributed by atoms with Crippen LogP contribution in [0.3, 0.4) is 0 Å². The Morgan fingerprint density at radius 2 is 1.90 bits per heavy atom. The maximum absolute atomic E-state index is 13.2. The van der Waals surface area contributed by atoms with E-state index in [-0.39, 0.29) is 23.4 Å². The van der Waals surface area contributed by atoms with Crippen molar-refractivity contribution >= 4 is 23.4 Å². The van der Waals surface area contributed by atoms with Crippen molar-refractivity contribution in [2.45, 2.75) is 58.5 Å². The number of amides is 1. The van der Waals surface area contributed by atoms with E-state index >= 15 is 0 Å². The molecule has 2 bridgehead atoms. The number of para-hydroxylation sites is 1. The van der Waals surface area contributed by atoms with E-state index < -0.39 is 0 Å². The highest BCUT2D eigenvalue weighted by molar-refractivity contribution is 5.79. The number of aromatic nitrogens is 2. The molecule has 0 unspecified atom stereocenters. The first kappa shape index (κ1) is 19.7. The molecule has 1 saturated heterocycles. The molecule has 2 atom stereocenters. The zero-order chi connectivity index (χ0) is 20.8. The minimum absolute atomic E-state index is 0.0206. The second kappa shape index (κ2) is 7.32. The predicted molar refractivity (Wildman–Crippen MR) is 116 cm³/mol. The summed E-state index contributed by atoms with van der Waals surface area (Å²) in [6, 6.07) is 10.4. The first-order valence-electron chi connectivity index (χ1n) is 10.4. The largest absolute Gasteiger partial charge is 0.347 e. The lowest BCUT2D eigenvalue weighted by molar-refractivity contribution is -0.136. The van der Waals surface area contributed by atoms with Crippen LogP contribution in [-0.4, -0.2) is 40.9 Å². The summed E-state index contributed by atoms with van der Waals surface area (Å²) >= 11 is 0. The van der Waals surface area contributed by atoms with E-state index in [1.165, 1.54) is 0 Å². The Labute approximate surface area is 173 Å². The number of benzene rings is 1. The molecule has 0 spiro atoms. The van der Waals surface area contributed by atoms with Gasteiger partial charge in [0.1, 0.15) is 5.82 Å². The predicted octanol–water partition coefficient (Wildman–Crippen LogP) is 4.31. The summed E-state index contributed by atoms with van der Waals surface area (Å²) in [7, 11) is 3.93. The number of rotatable bonds is 4. The molecule has 0 saturated carbocycles. The maximum Gasteiger partial charge on any atom is 0.227 e. The molecule has 3 heterocycles. The molecule has 1 N–H and O–H groups in total. The van der Waals surface area contributed by atoms with E-state index in [1.807, 2.05) is 49.3 Å². The van der Waals surface area contributed by atoms with Crippen molar-refractivity contribution in [2.75, 3.05) is 24.3 Å². The molecule has 0 radical (unpaired) electrons. The Balaban J connectivity index is 1.75. The monoisotopic (exact) mass is 393 g/mol. The van der Waals surface area contributed by atoms with Crippen LogP contribution in [0, 0.1) is 5.41 Å². The van der Waals surface area contributed by atoms with Crippen LogP contribution in [0.5, 0.6) is 0 Å². The number of carbonyl (C=O) groups excluding carboxylic acids is 1. The van der Waals surface area contributed by atoms with Gasteiger partial charge in [0.05, 0.1) is 11.7 Å². The van der Waals surface area contributed by atoms with Crippen molar-refractivity contribution in [3.05, 3.63) is 41.6 Å². The van der Waals surface area contributed by atoms with E-state index in [0.29, 0.717) is 12.4 Å². The second-order valence-corrected chi connectivity index (χ2v) is 9.61. The van der Waals surface area contributed by atoms with Gasteiger partial charge in [-0.3, -0.25) is 4.79 Å². The third-order valence-electron chi connectivity index (χ3n) is 5.68. The van der Waals surface area contributed by atoms with Gasteiger partial charge in [-0.25, -0.2) is 4.98 Å². The van der Waals surface area contributed by atoms with Crippen LogP contribution in [0.25, 0.3) is 0 Å². The lowest BCUT2D eigenvalue weighted by Gasteiger charge is -2.38. The summed E-state index contributed by atoms with van der Waals surface area (Å²) in [6.07, 6.45) is 3.36. The zero-order valence-corrected chi connectivity index (χ0v) is 18.1. The molecule has 1 amide bonds. The van der Waals surface area contributed by atoms with Crippen LogP contribution in [-0.2, 0) is 11.2 Å². The van der Waals surface area contributed by atoms with Gasteiger partial charge >= 0.3 is 0 Å². The van der Waals surface area contributed by atoms with E-state index in [4.69, 9.17) is 9.97 Å². The van der Waals surface area contributed by atoms with Crippen molar-refractivity contribution in [2.24, 2.45) is 5.41 Å². The fourth-order valence-electron chi connectivity index (χ4n) is 4.47. The smallest absolute Gasteiger partial charge is 0.227 e. The summed E-state index contributed by atoms with van der Waals surface area (Å²) in [5.74, 6) is 1.78.